The van der Waals surface area contributed by atoms with Crippen LogP contribution in [-0.4, -0.2) is 43.2 Å². The Morgan fingerprint density at radius 2 is 1.88 bits per heavy atom. The molecule has 1 aromatic rings. The van der Waals surface area contributed by atoms with Gasteiger partial charge in [-0.15, -0.1) is 5.10 Å². The number of hydrogen-bond donors (Lipinski definition) is 2. The molecule has 0 aromatic carbocycles. The van der Waals surface area contributed by atoms with Crippen molar-refractivity contribution in [2.45, 2.75) is 83.8 Å². The second-order valence-corrected chi connectivity index (χ2v) is 12.5. The molecule has 0 saturated heterocycles. The summed E-state index contributed by atoms with van der Waals surface area (Å²) in [7, 11) is 0. The molecule has 5 saturated carbocycles. The second-order valence-electron chi connectivity index (χ2n) is 12.5. The van der Waals surface area contributed by atoms with Crippen molar-refractivity contribution >= 4 is 5.78 Å². The number of Topliss-reactive ketones (excluding diaryl/α,β-unsaturated/α-hetero) is 1. The van der Waals surface area contributed by atoms with Crippen LogP contribution in [0.3, 0.4) is 0 Å². The van der Waals surface area contributed by atoms with E-state index in [0.717, 1.165) is 43.9 Å². The van der Waals surface area contributed by atoms with Crippen molar-refractivity contribution in [2.24, 2.45) is 52.3 Å². The molecule has 0 spiro atoms. The number of aromatic nitrogens is 3. The van der Waals surface area contributed by atoms with Crippen LogP contribution in [0.5, 0.6) is 0 Å². The topological polar surface area (TPSA) is 88.2 Å². The zero-order valence-corrected chi connectivity index (χ0v) is 19.6. The number of carbonyl (C=O) groups excluding carboxylic acids is 1. The van der Waals surface area contributed by atoms with E-state index in [9.17, 15) is 15.0 Å². The van der Waals surface area contributed by atoms with Gasteiger partial charge >= 0.3 is 0 Å². The first-order chi connectivity index (χ1) is 15.3. The van der Waals surface area contributed by atoms with Crippen LogP contribution >= 0.6 is 0 Å². The first-order valence-electron chi connectivity index (χ1n) is 13.0. The van der Waals surface area contributed by atoms with E-state index in [4.69, 9.17) is 0 Å². The predicted octanol–water partition coefficient (Wildman–Crippen LogP) is 3.48. The smallest absolute Gasteiger partial charge is 0.157 e. The van der Waals surface area contributed by atoms with Crippen molar-refractivity contribution in [3.63, 3.8) is 0 Å². The molecule has 0 aliphatic heterocycles. The Balaban J connectivity index is 1.21. The maximum Gasteiger partial charge on any atom is 0.157 e. The van der Waals surface area contributed by atoms with E-state index in [1.54, 1.807) is 17.1 Å². The second kappa shape index (κ2) is 7.11. The molecule has 0 radical (unpaired) electrons. The normalized spacial score (nSPS) is 51.3. The minimum atomic E-state index is -0.491. The van der Waals surface area contributed by atoms with Crippen LogP contribution in [0, 0.1) is 52.3 Å². The Bertz CT molecular complexity index is 889. The average Bonchev–Trinajstić information content (AvgIpc) is 3.14. The van der Waals surface area contributed by atoms with Crippen molar-refractivity contribution in [2.75, 3.05) is 6.61 Å². The van der Waals surface area contributed by atoms with Gasteiger partial charge in [-0.05, 0) is 104 Å². The predicted molar refractivity (Wildman–Crippen MR) is 119 cm³/mol. The highest BCUT2D eigenvalue weighted by Gasteiger charge is 2.71. The van der Waals surface area contributed by atoms with Crippen LogP contribution in [0.1, 0.15) is 71.6 Å². The lowest BCUT2D eigenvalue weighted by Crippen LogP contribution is -2.54. The van der Waals surface area contributed by atoms with Gasteiger partial charge in [-0.25, -0.2) is 4.68 Å². The maximum absolute atomic E-state index is 13.3. The Kier molecular flexibility index (Phi) is 4.73. The van der Waals surface area contributed by atoms with Gasteiger partial charge in [0.05, 0.1) is 11.8 Å². The van der Waals surface area contributed by atoms with E-state index < -0.39 is 5.60 Å². The van der Waals surface area contributed by atoms with Gasteiger partial charge in [-0.3, -0.25) is 4.79 Å². The third-order valence-corrected chi connectivity index (χ3v) is 11.6. The maximum atomic E-state index is 13.3. The Labute approximate surface area is 191 Å². The summed E-state index contributed by atoms with van der Waals surface area (Å²) in [5.41, 5.74) is -0.0558. The summed E-state index contributed by atoms with van der Waals surface area (Å²) in [6, 6.07) is 0. The Morgan fingerprint density at radius 1 is 1.06 bits per heavy atom. The molecule has 5 fully saturated rings. The molecule has 6 heteroatoms. The van der Waals surface area contributed by atoms with E-state index >= 15 is 0 Å². The number of nitrogens with zero attached hydrogens (tertiary/aromatic N) is 3. The van der Waals surface area contributed by atoms with E-state index in [2.05, 4.69) is 24.2 Å². The molecule has 5 aliphatic carbocycles. The van der Waals surface area contributed by atoms with Crippen LogP contribution < -0.4 is 0 Å². The lowest BCUT2D eigenvalue weighted by atomic mass is 9.44. The van der Waals surface area contributed by atoms with Crippen molar-refractivity contribution in [3.8, 4) is 0 Å². The molecule has 32 heavy (non-hydrogen) atoms. The number of ketones is 1. The van der Waals surface area contributed by atoms with Crippen LogP contribution in [0.4, 0.5) is 0 Å². The number of aliphatic hydroxyl groups is 2. The lowest BCUT2D eigenvalue weighted by molar-refractivity contribution is -0.141. The van der Waals surface area contributed by atoms with E-state index in [1.807, 2.05) is 0 Å². The van der Waals surface area contributed by atoms with Gasteiger partial charge in [0.2, 0.25) is 0 Å². The minimum Gasteiger partial charge on any atom is -0.396 e. The molecule has 10 atom stereocenters. The number of rotatable bonds is 5. The number of aliphatic hydroxyl groups excluding tert-OH is 1. The number of fused-ring (bicyclic) bond motifs is 6. The summed E-state index contributed by atoms with van der Waals surface area (Å²) in [5.74, 6) is 3.91. The monoisotopic (exact) mass is 441 g/mol. The molecule has 176 valence electrons. The lowest BCUT2D eigenvalue weighted by Gasteiger charge is -2.60. The zero-order chi connectivity index (χ0) is 22.3. The molecule has 2 unspecified atom stereocenters. The molecular weight excluding hydrogens is 402 g/mol. The van der Waals surface area contributed by atoms with Crippen LogP contribution in [-0.2, 0) is 11.3 Å². The fraction of sp³-hybridized carbons (Fsp3) is 0.885. The fourth-order valence-electron chi connectivity index (χ4n) is 9.97. The number of carbonyl (C=O) groups is 1. The van der Waals surface area contributed by atoms with E-state index in [-0.39, 0.29) is 17.9 Å². The highest BCUT2D eigenvalue weighted by atomic mass is 16.3. The summed E-state index contributed by atoms with van der Waals surface area (Å²) in [4.78, 5) is 13.3. The van der Waals surface area contributed by atoms with Gasteiger partial charge in [-0.2, -0.15) is 0 Å². The quantitative estimate of drug-likeness (QED) is 0.730. The van der Waals surface area contributed by atoms with Crippen molar-refractivity contribution in [3.05, 3.63) is 12.4 Å². The molecule has 6 rings (SSSR count). The highest BCUT2D eigenvalue weighted by molar-refractivity contribution is 5.82. The fourth-order valence-corrected chi connectivity index (χ4v) is 9.97. The number of hydrogen-bond acceptors (Lipinski definition) is 5. The average molecular weight is 442 g/mol. The standard InChI is InChI=1S/C26H39N3O3/c1-24-9-7-19-17(18(24)5-6-21(24)23(31)15-29-11-10-27-28-29)4-3-16-13-26(32)20(8-12-30)22(26)14-25(16,19)2/h10-11,16-22,30,32H,3-9,12-15H2,1-2H3/t16-,17+,18+,19+,20?,21-,22?,24+,25+,26+/m1/s1. The molecule has 1 aromatic heterocycles. The van der Waals surface area contributed by atoms with Gasteiger partial charge in [0.25, 0.3) is 0 Å². The van der Waals surface area contributed by atoms with Crippen LogP contribution in [0.15, 0.2) is 12.4 Å². The van der Waals surface area contributed by atoms with Gasteiger partial charge in [0.15, 0.2) is 5.78 Å². The molecule has 2 N–H and O–H groups in total. The largest absolute Gasteiger partial charge is 0.396 e. The van der Waals surface area contributed by atoms with Crippen LogP contribution in [0.25, 0.3) is 0 Å². The summed E-state index contributed by atoms with van der Waals surface area (Å²) in [5, 5.41) is 28.6. The van der Waals surface area contributed by atoms with Crippen LogP contribution in [0.2, 0.25) is 0 Å². The first kappa shape index (κ1) is 21.3. The van der Waals surface area contributed by atoms with Crippen molar-refractivity contribution < 1.29 is 15.0 Å². The third-order valence-electron chi connectivity index (χ3n) is 11.6. The third kappa shape index (κ3) is 2.81. The molecule has 1 heterocycles. The van der Waals surface area contributed by atoms with Crippen molar-refractivity contribution in [1.29, 1.82) is 0 Å². The van der Waals surface area contributed by atoms with Gasteiger partial charge in [-0.1, -0.05) is 19.1 Å². The molecular formula is C26H39N3O3. The van der Waals surface area contributed by atoms with Gasteiger partial charge < -0.3 is 10.2 Å². The SMILES string of the molecule is C[C@]12CC3C(CCO)[C@@]3(O)C[C@H]1CC[C@@H]1[C@@H]2CC[C@]2(C)[C@@H](C(=O)Cn3ccnn3)CC[C@@H]12. The molecule has 6 nitrogen and oxygen atoms in total. The highest BCUT2D eigenvalue weighted by Crippen LogP contribution is 2.73. The Morgan fingerprint density at radius 3 is 2.62 bits per heavy atom. The van der Waals surface area contributed by atoms with Gasteiger partial charge in [0, 0.05) is 18.7 Å². The summed E-state index contributed by atoms with van der Waals surface area (Å²) in [6.45, 7) is 5.50. The summed E-state index contributed by atoms with van der Waals surface area (Å²) >= 11 is 0. The summed E-state index contributed by atoms with van der Waals surface area (Å²) < 4.78 is 1.68. The molecule has 5 aliphatic rings. The minimum absolute atomic E-state index is 0.121. The zero-order valence-electron chi connectivity index (χ0n) is 19.6. The molecule has 0 bridgehead atoms. The van der Waals surface area contributed by atoms with E-state index in [0.29, 0.717) is 41.4 Å². The Hall–Kier alpha value is -1.27. The van der Waals surface area contributed by atoms with E-state index in [1.165, 1.54) is 25.7 Å². The van der Waals surface area contributed by atoms with Gasteiger partial charge in [0.1, 0.15) is 6.54 Å². The molecule has 0 amide bonds. The first-order valence-corrected chi connectivity index (χ1v) is 13.0. The summed E-state index contributed by atoms with van der Waals surface area (Å²) in [6.07, 6.45) is 13.4. The van der Waals surface area contributed by atoms with Crippen molar-refractivity contribution in [1.82, 2.24) is 15.0 Å².